The summed E-state index contributed by atoms with van der Waals surface area (Å²) in [4.78, 5) is 25.5. The molecule has 2 rings (SSSR count). The predicted octanol–water partition coefficient (Wildman–Crippen LogP) is 2.57. The first-order chi connectivity index (χ1) is 10.5. The standard InChI is InChI=1S/C15H21N3O3S.ClH/c1-11(15(19)17-8-7-12(10-17)9-16-2)22-14-5-3-13(4-6-14)18(20)21;/h3-6,11-12,16H,7-10H2,1-2H3;1H. The van der Waals surface area contributed by atoms with Gasteiger partial charge in [-0.05, 0) is 45.0 Å². The number of hydrogen-bond acceptors (Lipinski definition) is 5. The number of nitro groups is 1. The molecule has 0 bridgehead atoms. The minimum Gasteiger partial charge on any atom is -0.341 e. The number of carbonyl (C=O) groups excluding carboxylic acids is 1. The lowest BCUT2D eigenvalue weighted by atomic mass is 10.1. The average Bonchev–Trinajstić information content (AvgIpc) is 2.96. The third kappa shape index (κ3) is 5.37. The highest BCUT2D eigenvalue weighted by Crippen LogP contribution is 2.28. The lowest BCUT2D eigenvalue weighted by Gasteiger charge is -2.20. The zero-order valence-corrected chi connectivity index (χ0v) is 14.9. The number of halogens is 1. The number of nitrogens with one attached hydrogen (secondary N) is 1. The van der Waals surface area contributed by atoms with Gasteiger partial charge in [-0.2, -0.15) is 0 Å². The van der Waals surface area contributed by atoms with Crippen molar-refractivity contribution >= 4 is 35.8 Å². The van der Waals surface area contributed by atoms with Crippen LogP contribution in [0.1, 0.15) is 13.3 Å². The van der Waals surface area contributed by atoms with E-state index >= 15 is 0 Å². The van der Waals surface area contributed by atoms with Crippen LogP contribution < -0.4 is 5.32 Å². The van der Waals surface area contributed by atoms with Gasteiger partial charge in [-0.3, -0.25) is 14.9 Å². The zero-order chi connectivity index (χ0) is 16.1. The van der Waals surface area contributed by atoms with Gasteiger partial charge in [0.2, 0.25) is 5.91 Å². The fourth-order valence-electron chi connectivity index (χ4n) is 2.65. The van der Waals surface area contributed by atoms with Gasteiger partial charge in [0, 0.05) is 30.1 Å². The predicted molar refractivity (Wildman–Crippen MR) is 94.3 cm³/mol. The molecule has 23 heavy (non-hydrogen) atoms. The fourth-order valence-corrected chi connectivity index (χ4v) is 3.60. The van der Waals surface area contributed by atoms with E-state index in [2.05, 4.69) is 5.32 Å². The van der Waals surface area contributed by atoms with Gasteiger partial charge in [-0.1, -0.05) is 0 Å². The van der Waals surface area contributed by atoms with Gasteiger partial charge >= 0.3 is 0 Å². The minimum absolute atomic E-state index is 0. The number of nitro benzene ring substituents is 1. The number of non-ortho nitro benzene ring substituents is 1. The molecule has 1 amide bonds. The molecule has 1 fully saturated rings. The summed E-state index contributed by atoms with van der Waals surface area (Å²) in [6, 6.07) is 6.33. The average molecular weight is 360 g/mol. The first kappa shape index (κ1) is 19.7. The summed E-state index contributed by atoms with van der Waals surface area (Å²) in [6.45, 7) is 4.45. The van der Waals surface area contributed by atoms with Crippen molar-refractivity contribution in [2.45, 2.75) is 23.5 Å². The van der Waals surface area contributed by atoms with Crippen molar-refractivity contribution in [1.29, 1.82) is 0 Å². The Kier molecular flexibility index (Phi) is 7.81. The number of thioether (sulfide) groups is 1. The van der Waals surface area contributed by atoms with Gasteiger partial charge in [0.25, 0.3) is 5.69 Å². The second kappa shape index (κ2) is 9.10. The van der Waals surface area contributed by atoms with Crippen LogP contribution in [-0.4, -0.2) is 47.7 Å². The second-order valence-electron chi connectivity index (χ2n) is 5.51. The molecule has 1 aromatic rings. The molecule has 1 heterocycles. The number of rotatable bonds is 6. The van der Waals surface area contributed by atoms with Crippen molar-refractivity contribution < 1.29 is 9.72 Å². The van der Waals surface area contributed by atoms with Crippen LogP contribution >= 0.6 is 24.2 Å². The smallest absolute Gasteiger partial charge is 0.269 e. The summed E-state index contributed by atoms with van der Waals surface area (Å²) < 4.78 is 0. The van der Waals surface area contributed by atoms with Crippen molar-refractivity contribution in [3.05, 3.63) is 34.4 Å². The molecule has 1 aromatic carbocycles. The third-order valence-electron chi connectivity index (χ3n) is 3.80. The van der Waals surface area contributed by atoms with Crippen LogP contribution in [0.3, 0.4) is 0 Å². The van der Waals surface area contributed by atoms with Gasteiger partial charge in [0.1, 0.15) is 0 Å². The lowest BCUT2D eigenvalue weighted by molar-refractivity contribution is -0.384. The van der Waals surface area contributed by atoms with Crippen molar-refractivity contribution in [2.24, 2.45) is 5.92 Å². The van der Waals surface area contributed by atoms with E-state index < -0.39 is 4.92 Å². The summed E-state index contributed by atoms with van der Waals surface area (Å²) in [5.74, 6) is 0.674. The number of nitrogens with zero attached hydrogens (tertiary/aromatic N) is 2. The monoisotopic (exact) mass is 359 g/mol. The molecule has 0 radical (unpaired) electrons. The van der Waals surface area contributed by atoms with Gasteiger partial charge in [-0.15, -0.1) is 24.2 Å². The van der Waals surface area contributed by atoms with Crippen LogP contribution in [-0.2, 0) is 4.79 Å². The molecule has 1 saturated heterocycles. The summed E-state index contributed by atoms with van der Waals surface area (Å²) >= 11 is 1.44. The Morgan fingerprint density at radius 1 is 1.48 bits per heavy atom. The van der Waals surface area contributed by atoms with Crippen LogP contribution in [0.4, 0.5) is 5.69 Å². The Morgan fingerprint density at radius 2 is 2.13 bits per heavy atom. The molecular formula is C15H22ClN3O3S. The minimum atomic E-state index is -0.421. The van der Waals surface area contributed by atoms with Crippen LogP contribution in [0.25, 0.3) is 0 Å². The molecule has 1 N–H and O–H groups in total. The summed E-state index contributed by atoms with van der Waals surface area (Å²) in [7, 11) is 1.93. The van der Waals surface area contributed by atoms with Crippen LogP contribution in [0.2, 0.25) is 0 Å². The van der Waals surface area contributed by atoms with Crippen LogP contribution in [0.5, 0.6) is 0 Å². The molecule has 0 aliphatic carbocycles. The maximum atomic E-state index is 12.5. The summed E-state index contributed by atoms with van der Waals surface area (Å²) in [5.41, 5.74) is 0.0674. The molecule has 0 saturated carbocycles. The summed E-state index contributed by atoms with van der Waals surface area (Å²) in [5, 5.41) is 13.6. The number of benzene rings is 1. The molecule has 1 aliphatic heterocycles. The van der Waals surface area contributed by atoms with Gasteiger partial charge in [0.15, 0.2) is 0 Å². The molecule has 6 nitrogen and oxygen atoms in total. The van der Waals surface area contributed by atoms with E-state index in [1.807, 2.05) is 18.9 Å². The number of likely N-dealkylation sites (tertiary alicyclic amines) is 1. The van der Waals surface area contributed by atoms with Crippen molar-refractivity contribution in [2.75, 3.05) is 26.7 Å². The Hall–Kier alpha value is -1.31. The summed E-state index contributed by atoms with van der Waals surface area (Å²) in [6.07, 6.45) is 1.04. The van der Waals surface area contributed by atoms with Gasteiger partial charge in [-0.25, -0.2) is 0 Å². The number of carbonyl (C=O) groups is 1. The largest absolute Gasteiger partial charge is 0.341 e. The van der Waals surface area contributed by atoms with Crippen molar-refractivity contribution in [3.63, 3.8) is 0 Å². The Morgan fingerprint density at radius 3 is 2.70 bits per heavy atom. The number of hydrogen-bond donors (Lipinski definition) is 1. The quantitative estimate of drug-likeness (QED) is 0.480. The van der Waals surface area contributed by atoms with Crippen molar-refractivity contribution in [3.8, 4) is 0 Å². The first-order valence-corrected chi connectivity index (χ1v) is 8.23. The molecule has 0 spiro atoms. The van der Waals surface area contributed by atoms with E-state index in [1.165, 1.54) is 23.9 Å². The topological polar surface area (TPSA) is 75.5 Å². The molecule has 0 aromatic heterocycles. The van der Waals surface area contributed by atoms with E-state index in [0.29, 0.717) is 5.92 Å². The first-order valence-electron chi connectivity index (χ1n) is 7.35. The zero-order valence-electron chi connectivity index (χ0n) is 13.2. The van der Waals surface area contributed by atoms with Crippen LogP contribution in [0.15, 0.2) is 29.2 Å². The fraction of sp³-hybridized carbons (Fsp3) is 0.533. The van der Waals surface area contributed by atoms with Crippen molar-refractivity contribution in [1.82, 2.24) is 10.2 Å². The number of amides is 1. The van der Waals surface area contributed by atoms with E-state index in [4.69, 9.17) is 0 Å². The highest BCUT2D eigenvalue weighted by Gasteiger charge is 2.29. The van der Waals surface area contributed by atoms with E-state index in [0.717, 1.165) is 31.0 Å². The molecule has 128 valence electrons. The van der Waals surface area contributed by atoms with Gasteiger partial charge in [0.05, 0.1) is 10.2 Å². The third-order valence-corrected chi connectivity index (χ3v) is 4.90. The molecule has 2 unspecified atom stereocenters. The maximum absolute atomic E-state index is 12.5. The molecule has 1 aliphatic rings. The molecule has 8 heteroatoms. The Labute approximate surface area is 146 Å². The Bertz CT molecular complexity index is 541. The Balaban J connectivity index is 0.00000264. The van der Waals surface area contributed by atoms with E-state index in [-0.39, 0.29) is 29.3 Å². The maximum Gasteiger partial charge on any atom is 0.269 e. The van der Waals surface area contributed by atoms with Gasteiger partial charge < -0.3 is 10.2 Å². The highest BCUT2D eigenvalue weighted by molar-refractivity contribution is 8.00. The SMILES string of the molecule is CNCC1CCN(C(=O)C(C)Sc2ccc([N+](=O)[O-])cc2)C1.Cl. The van der Waals surface area contributed by atoms with Crippen LogP contribution in [0, 0.1) is 16.0 Å². The lowest BCUT2D eigenvalue weighted by Crippen LogP contribution is -2.35. The van der Waals surface area contributed by atoms with E-state index in [9.17, 15) is 14.9 Å². The normalized spacial score (nSPS) is 18.3. The highest BCUT2D eigenvalue weighted by atomic mass is 35.5. The van der Waals surface area contributed by atoms with E-state index in [1.54, 1.807) is 12.1 Å². The molecule has 2 atom stereocenters. The molecular weight excluding hydrogens is 338 g/mol. The second-order valence-corrected chi connectivity index (χ2v) is 6.92.